The highest BCUT2D eigenvalue weighted by Gasteiger charge is 2.06. The summed E-state index contributed by atoms with van der Waals surface area (Å²) >= 11 is 1.54. The van der Waals surface area contributed by atoms with E-state index in [1.807, 2.05) is 36.5 Å². The van der Waals surface area contributed by atoms with E-state index in [0.29, 0.717) is 0 Å². The van der Waals surface area contributed by atoms with Gasteiger partial charge in [-0.15, -0.1) is 0 Å². The van der Waals surface area contributed by atoms with Gasteiger partial charge in [-0.1, -0.05) is 41.7 Å². The fraction of sp³-hybridized carbons (Fsp3) is 0. The molecule has 0 fully saturated rings. The zero-order valence-corrected chi connectivity index (χ0v) is 11.7. The van der Waals surface area contributed by atoms with Gasteiger partial charge in [0, 0.05) is 24.0 Å². The van der Waals surface area contributed by atoms with Crippen LogP contribution >= 0.6 is 11.3 Å². The molecule has 0 saturated carbocycles. The molecule has 0 radical (unpaired) electrons. The Morgan fingerprint density at radius 2 is 1.76 bits per heavy atom. The molecule has 6 heteroatoms. The van der Waals surface area contributed by atoms with E-state index in [1.165, 1.54) is 23.5 Å². The molecule has 0 bridgehead atoms. The van der Waals surface area contributed by atoms with Crippen molar-refractivity contribution in [2.45, 2.75) is 0 Å². The van der Waals surface area contributed by atoms with E-state index < -0.39 is 4.92 Å². The van der Waals surface area contributed by atoms with Crippen LogP contribution in [-0.2, 0) is 0 Å². The van der Waals surface area contributed by atoms with Crippen molar-refractivity contribution in [1.29, 1.82) is 0 Å². The van der Waals surface area contributed by atoms with Crippen LogP contribution in [-0.4, -0.2) is 9.91 Å². The fourth-order valence-electron chi connectivity index (χ4n) is 1.86. The Morgan fingerprint density at radius 3 is 2.43 bits per heavy atom. The van der Waals surface area contributed by atoms with Crippen LogP contribution in [0.4, 0.5) is 16.5 Å². The average molecular weight is 297 g/mol. The number of thiazole rings is 1. The first kappa shape index (κ1) is 13.3. The number of hydrogen-bond donors (Lipinski definition) is 1. The third kappa shape index (κ3) is 3.06. The summed E-state index contributed by atoms with van der Waals surface area (Å²) in [6.45, 7) is 0. The fourth-order valence-corrected chi connectivity index (χ4v) is 2.70. The van der Waals surface area contributed by atoms with Gasteiger partial charge in [-0.2, -0.15) is 0 Å². The lowest BCUT2D eigenvalue weighted by atomic mass is 10.2. The van der Waals surface area contributed by atoms with Crippen LogP contribution in [0, 0.1) is 10.1 Å². The minimum atomic E-state index is -0.416. The molecule has 0 atom stereocenters. The third-order valence-corrected chi connectivity index (χ3v) is 3.86. The molecule has 0 unspecified atom stereocenters. The number of non-ortho nitro benzene ring substituents is 1. The molecule has 21 heavy (non-hydrogen) atoms. The van der Waals surface area contributed by atoms with Gasteiger partial charge >= 0.3 is 0 Å². The van der Waals surface area contributed by atoms with Crippen molar-refractivity contribution < 1.29 is 4.92 Å². The standard InChI is InChI=1S/C15H11N3O2S/c19-18(20)13-8-6-12(7-9-13)17-15-16-10-14(21-15)11-4-2-1-3-5-11/h1-10H,(H,16,17). The Kier molecular flexibility index (Phi) is 3.61. The largest absolute Gasteiger partial charge is 0.332 e. The highest BCUT2D eigenvalue weighted by molar-refractivity contribution is 7.18. The van der Waals surface area contributed by atoms with Gasteiger partial charge in [-0.25, -0.2) is 4.98 Å². The van der Waals surface area contributed by atoms with E-state index in [-0.39, 0.29) is 5.69 Å². The second-order valence-electron chi connectivity index (χ2n) is 4.32. The molecule has 0 amide bonds. The number of anilines is 2. The molecule has 0 saturated heterocycles. The van der Waals surface area contributed by atoms with E-state index in [9.17, 15) is 10.1 Å². The molecule has 3 aromatic rings. The number of benzene rings is 2. The summed E-state index contributed by atoms with van der Waals surface area (Å²) < 4.78 is 0. The van der Waals surface area contributed by atoms with Crippen molar-refractivity contribution in [3.05, 3.63) is 70.9 Å². The first-order valence-corrected chi connectivity index (χ1v) is 7.07. The van der Waals surface area contributed by atoms with Gasteiger partial charge in [0.05, 0.1) is 9.80 Å². The molecule has 1 aromatic heterocycles. The Balaban J connectivity index is 1.77. The molecular formula is C15H11N3O2S. The Labute approximate surface area is 125 Å². The number of hydrogen-bond acceptors (Lipinski definition) is 5. The van der Waals surface area contributed by atoms with Crippen molar-refractivity contribution in [1.82, 2.24) is 4.98 Å². The van der Waals surface area contributed by atoms with Crippen LogP contribution in [0.5, 0.6) is 0 Å². The monoisotopic (exact) mass is 297 g/mol. The summed E-state index contributed by atoms with van der Waals surface area (Å²) in [6, 6.07) is 16.3. The lowest BCUT2D eigenvalue weighted by Crippen LogP contribution is -1.90. The summed E-state index contributed by atoms with van der Waals surface area (Å²) in [7, 11) is 0. The maximum Gasteiger partial charge on any atom is 0.269 e. The van der Waals surface area contributed by atoms with Crippen LogP contribution in [0.3, 0.4) is 0 Å². The Bertz CT molecular complexity index is 754. The summed E-state index contributed by atoms with van der Waals surface area (Å²) in [4.78, 5) is 15.6. The first-order chi connectivity index (χ1) is 10.2. The number of nitro benzene ring substituents is 1. The van der Waals surface area contributed by atoms with Crippen LogP contribution in [0.2, 0.25) is 0 Å². The lowest BCUT2D eigenvalue weighted by Gasteiger charge is -2.01. The lowest BCUT2D eigenvalue weighted by molar-refractivity contribution is -0.384. The van der Waals surface area contributed by atoms with Gasteiger partial charge in [0.15, 0.2) is 5.13 Å². The van der Waals surface area contributed by atoms with Crippen molar-refractivity contribution in [2.24, 2.45) is 0 Å². The van der Waals surface area contributed by atoms with Crippen LogP contribution < -0.4 is 5.32 Å². The number of nitrogens with one attached hydrogen (secondary N) is 1. The zero-order chi connectivity index (χ0) is 14.7. The molecule has 5 nitrogen and oxygen atoms in total. The van der Waals surface area contributed by atoms with Gasteiger partial charge in [-0.05, 0) is 17.7 Å². The summed E-state index contributed by atoms with van der Waals surface area (Å²) in [5.74, 6) is 0. The molecule has 2 aromatic carbocycles. The highest BCUT2D eigenvalue weighted by Crippen LogP contribution is 2.30. The average Bonchev–Trinajstić information content (AvgIpc) is 2.97. The Hall–Kier alpha value is -2.73. The highest BCUT2D eigenvalue weighted by atomic mass is 32.1. The van der Waals surface area contributed by atoms with Gasteiger partial charge in [0.25, 0.3) is 5.69 Å². The molecule has 1 heterocycles. The van der Waals surface area contributed by atoms with E-state index in [2.05, 4.69) is 10.3 Å². The smallest absolute Gasteiger partial charge is 0.269 e. The third-order valence-electron chi connectivity index (χ3n) is 2.89. The minimum absolute atomic E-state index is 0.0738. The quantitative estimate of drug-likeness (QED) is 0.570. The number of nitrogens with zero attached hydrogens (tertiary/aromatic N) is 2. The number of rotatable bonds is 4. The molecule has 0 aliphatic carbocycles. The van der Waals surface area contributed by atoms with Crippen LogP contribution in [0.1, 0.15) is 0 Å². The summed E-state index contributed by atoms with van der Waals surface area (Å²) in [6.07, 6.45) is 1.81. The van der Waals surface area contributed by atoms with Crippen molar-refractivity contribution in [3.63, 3.8) is 0 Å². The minimum Gasteiger partial charge on any atom is -0.332 e. The molecule has 104 valence electrons. The summed E-state index contributed by atoms with van der Waals surface area (Å²) in [5.41, 5.74) is 1.96. The maximum absolute atomic E-state index is 10.6. The van der Waals surface area contributed by atoms with E-state index in [1.54, 1.807) is 12.1 Å². The van der Waals surface area contributed by atoms with Crippen molar-refractivity contribution in [3.8, 4) is 10.4 Å². The van der Waals surface area contributed by atoms with E-state index in [4.69, 9.17) is 0 Å². The zero-order valence-electron chi connectivity index (χ0n) is 10.9. The molecule has 0 spiro atoms. The maximum atomic E-state index is 10.6. The van der Waals surface area contributed by atoms with E-state index >= 15 is 0 Å². The molecule has 0 aliphatic heterocycles. The van der Waals surface area contributed by atoms with Crippen LogP contribution in [0.15, 0.2) is 60.8 Å². The molecule has 1 N–H and O–H groups in total. The van der Waals surface area contributed by atoms with Gasteiger partial charge in [0.2, 0.25) is 0 Å². The molecule has 0 aliphatic rings. The first-order valence-electron chi connectivity index (χ1n) is 6.25. The molecular weight excluding hydrogens is 286 g/mol. The predicted octanol–water partition coefficient (Wildman–Crippen LogP) is 4.46. The predicted molar refractivity (Wildman–Crippen MR) is 83.9 cm³/mol. The second-order valence-corrected chi connectivity index (χ2v) is 5.36. The van der Waals surface area contributed by atoms with Gasteiger partial charge in [-0.3, -0.25) is 10.1 Å². The topological polar surface area (TPSA) is 68.1 Å². The van der Waals surface area contributed by atoms with E-state index in [0.717, 1.165) is 21.3 Å². The number of nitro groups is 1. The Morgan fingerprint density at radius 1 is 1.05 bits per heavy atom. The van der Waals surface area contributed by atoms with Crippen molar-refractivity contribution in [2.75, 3.05) is 5.32 Å². The second kappa shape index (κ2) is 5.72. The van der Waals surface area contributed by atoms with Gasteiger partial charge < -0.3 is 5.32 Å². The van der Waals surface area contributed by atoms with Crippen LogP contribution in [0.25, 0.3) is 10.4 Å². The van der Waals surface area contributed by atoms with Gasteiger partial charge in [0.1, 0.15) is 0 Å². The molecule has 3 rings (SSSR count). The van der Waals surface area contributed by atoms with Crippen molar-refractivity contribution >= 4 is 27.8 Å². The summed E-state index contributed by atoms with van der Waals surface area (Å²) in [5, 5.41) is 14.5. The SMILES string of the molecule is O=[N+]([O-])c1ccc(Nc2ncc(-c3ccccc3)s2)cc1. The number of aromatic nitrogens is 1. The normalized spacial score (nSPS) is 10.3.